The second-order valence-electron chi connectivity index (χ2n) is 4.10. The van der Waals surface area contributed by atoms with E-state index in [1.165, 1.54) is 5.56 Å². The van der Waals surface area contributed by atoms with Crippen LogP contribution in [0.4, 0.5) is 0 Å². The SMILES string of the molecule is c1ccc(CCOCCNCc2ccco2)cc1. The van der Waals surface area contributed by atoms with Gasteiger partial charge in [0.25, 0.3) is 0 Å². The molecule has 2 aromatic rings. The zero-order valence-electron chi connectivity index (χ0n) is 10.5. The molecule has 1 aromatic heterocycles. The Bertz CT molecular complexity index is 411. The fraction of sp³-hybridized carbons (Fsp3) is 0.333. The fourth-order valence-electron chi connectivity index (χ4n) is 1.71. The van der Waals surface area contributed by atoms with E-state index >= 15 is 0 Å². The molecule has 1 aromatic carbocycles. The predicted molar refractivity (Wildman–Crippen MR) is 71.4 cm³/mol. The Kier molecular flexibility index (Phi) is 5.50. The first-order valence-electron chi connectivity index (χ1n) is 6.30. The molecule has 3 nitrogen and oxygen atoms in total. The molecule has 0 unspecified atom stereocenters. The average Bonchev–Trinajstić information content (AvgIpc) is 2.92. The van der Waals surface area contributed by atoms with Gasteiger partial charge in [0.05, 0.1) is 26.0 Å². The summed E-state index contributed by atoms with van der Waals surface area (Å²) in [5.41, 5.74) is 1.32. The van der Waals surface area contributed by atoms with Gasteiger partial charge in [-0.05, 0) is 24.1 Å². The number of hydrogen-bond donors (Lipinski definition) is 1. The van der Waals surface area contributed by atoms with Crippen molar-refractivity contribution >= 4 is 0 Å². The Labute approximate surface area is 108 Å². The fourth-order valence-corrected chi connectivity index (χ4v) is 1.71. The molecule has 0 saturated heterocycles. The van der Waals surface area contributed by atoms with Gasteiger partial charge in [-0.1, -0.05) is 30.3 Å². The zero-order chi connectivity index (χ0) is 12.5. The summed E-state index contributed by atoms with van der Waals surface area (Å²) in [6, 6.07) is 14.2. The minimum atomic E-state index is 0.730. The summed E-state index contributed by atoms with van der Waals surface area (Å²) >= 11 is 0. The van der Waals surface area contributed by atoms with Crippen LogP contribution in [0.2, 0.25) is 0 Å². The molecule has 0 aliphatic heterocycles. The van der Waals surface area contributed by atoms with E-state index < -0.39 is 0 Å². The monoisotopic (exact) mass is 245 g/mol. The second kappa shape index (κ2) is 7.69. The molecule has 96 valence electrons. The van der Waals surface area contributed by atoms with Crippen molar-refractivity contribution in [2.75, 3.05) is 19.8 Å². The lowest BCUT2D eigenvalue weighted by molar-refractivity contribution is 0.138. The van der Waals surface area contributed by atoms with Crippen molar-refractivity contribution in [1.82, 2.24) is 5.32 Å². The van der Waals surface area contributed by atoms with Gasteiger partial charge in [0.15, 0.2) is 0 Å². The maximum absolute atomic E-state index is 5.56. The summed E-state index contributed by atoms with van der Waals surface area (Å²) in [5.74, 6) is 0.958. The van der Waals surface area contributed by atoms with Gasteiger partial charge in [-0.15, -0.1) is 0 Å². The molecule has 3 heteroatoms. The number of nitrogens with one attached hydrogen (secondary N) is 1. The van der Waals surface area contributed by atoms with Crippen LogP contribution in [-0.2, 0) is 17.7 Å². The van der Waals surface area contributed by atoms with Gasteiger partial charge >= 0.3 is 0 Å². The third-order valence-corrected chi connectivity index (χ3v) is 2.68. The average molecular weight is 245 g/mol. The summed E-state index contributed by atoms with van der Waals surface area (Å²) in [7, 11) is 0. The van der Waals surface area contributed by atoms with E-state index in [0.717, 1.165) is 38.5 Å². The number of hydrogen-bond acceptors (Lipinski definition) is 3. The van der Waals surface area contributed by atoms with Crippen LogP contribution in [-0.4, -0.2) is 19.8 Å². The first-order chi connectivity index (χ1) is 8.95. The summed E-state index contributed by atoms with van der Waals surface area (Å²) < 4.78 is 10.8. The van der Waals surface area contributed by atoms with Crippen LogP contribution in [0, 0.1) is 0 Å². The smallest absolute Gasteiger partial charge is 0.117 e. The topological polar surface area (TPSA) is 34.4 Å². The maximum atomic E-state index is 5.56. The van der Waals surface area contributed by atoms with Gasteiger partial charge in [-0.3, -0.25) is 0 Å². The van der Waals surface area contributed by atoms with Gasteiger partial charge in [-0.25, -0.2) is 0 Å². The second-order valence-corrected chi connectivity index (χ2v) is 4.10. The van der Waals surface area contributed by atoms with Crippen LogP contribution < -0.4 is 5.32 Å². The lowest BCUT2D eigenvalue weighted by Crippen LogP contribution is -2.19. The number of benzene rings is 1. The van der Waals surface area contributed by atoms with Crippen molar-refractivity contribution in [2.24, 2.45) is 0 Å². The summed E-state index contributed by atoms with van der Waals surface area (Å²) in [6.45, 7) is 3.10. The van der Waals surface area contributed by atoms with Crippen molar-refractivity contribution in [3.63, 3.8) is 0 Å². The highest BCUT2D eigenvalue weighted by atomic mass is 16.5. The Morgan fingerprint density at radius 3 is 2.67 bits per heavy atom. The highest BCUT2D eigenvalue weighted by molar-refractivity contribution is 5.14. The van der Waals surface area contributed by atoms with Crippen LogP contribution in [0.15, 0.2) is 53.1 Å². The van der Waals surface area contributed by atoms with E-state index in [0.29, 0.717) is 0 Å². The molecule has 0 aliphatic rings. The zero-order valence-corrected chi connectivity index (χ0v) is 10.5. The van der Waals surface area contributed by atoms with E-state index in [1.807, 2.05) is 18.2 Å². The first-order valence-corrected chi connectivity index (χ1v) is 6.30. The molecular weight excluding hydrogens is 226 g/mol. The standard InChI is InChI=1S/C15H19NO2/c1-2-5-14(6-3-1)8-11-17-12-9-16-13-15-7-4-10-18-15/h1-7,10,16H,8-9,11-13H2. The number of ether oxygens (including phenoxy) is 1. The molecule has 18 heavy (non-hydrogen) atoms. The third kappa shape index (κ3) is 4.73. The Hall–Kier alpha value is -1.58. The Morgan fingerprint density at radius 1 is 1.00 bits per heavy atom. The molecule has 0 amide bonds. The van der Waals surface area contributed by atoms with Crippen molar-refractivity contribution in [3.05, 3.63) is 60.1 Å². The molecule has 0 fully saturated rings. The van der Waals surface area contributed by atoms with Crippen molar-refractivity contribution in [3.8, 4) is 0 Å². The predicted octanol–water partition coefficient (Wildman–Crippen LogP) is 2.63. The van der Waals surface area contributed by atoms with E-state index in [-0.39, 0.29) is 0 Å². The minimum absolute atomic E-state index is 0.730. The van der Waals surface area contributed by atoms with Gasteiger partial charge in [0.1, 0.15) is 5.76 Å². The molecule has 0 saturated carbocycles. The van der Waals surface area contributed by atoms with E-state index in [2.05, 4.69) is 29.6 Å². The highest BCUT2D eigenvalue weighted by Crippen LogP contribution is 2.00. The van der Waals surface area contributed by atoms with Crippen LogP contribution in [0.1, 0.15) is 11.3 Å². The normalized spacial score (nSPS) is 10.7. The molecule has 0 aliphatic carbocycles. The van der Waals surface area contributed by atoms with E-state index in [4.69, 9.17) is 9.15 Å². The summed E-state index contributed by atoms with van der Waals surface area (Å²) in [5, 5.41) is 3.27. The van der Waals surface area contributed by atoms with Crippen molar-refractivity contribution in [1.29, 1.82) is 0 Å². The molecule has 0 bridgehead atoms. The summed E-state index contributed by atoms with van der Waals surface area (Å²) in [4.78, 5) is 0. The molecule has 1 heterocycles. The third-order valence-electron chi connectivity index (χ3n) is 2.68. The molecule has 0 spiro atoms. The molecule has 2 rings (SSSR count). The number of furan rings is 1. The van der Waals surface area contributed by atoms with Gasteiger partial charge < -0.3 is 14.5 Å². The van der Waals surface area contributed by atoms with Crippen LogP contribution in [0.25, 0.3) is 0 Å². The van der Waals surface area contributed by atoms with Crippen LogP contribution in [0.3, 0.4) is 0 Å². The van der Waals surface area contributed by atoms with E-state index in [1.54, 1.807) is 6.26 Å². The Morgan fingerprint density at radius 2 is 1.89 bits per heavy atom. The maximum Gasteiger partial charge on any atom is 0.117 e. The minimum Gasteiger partial charge on any atom is -0.468 e. The molecule has 0 radical (unpaired) electrons. The van der Waals surface area contributed by atoms with Crippen LogP contribution >= 0.6 is 0 Å². The Balaban J connectivity index is 1.47. The molecule has 0 atom stereocenters. The van der Waals surface area contributed by atoms with Gasteiger partial charge in [-0.2, -0.15) is 0 Å². The summed E-state index contributed by atoms with van der Waals surface area (Å²) in [6.07, 6.45) is 2.66. The number of rotatable bonds is 8. The van der Waals surface area contributed by atoms with E-state index in [9.17, 15) is 0 Å². The lowest BCUT2D eigenvalue weighted by atomic mass is 10.2. The van der Waals surface area contributed by atoms with Crippen molar-refractivity contribution in [2.45, 2.75) is 13.0 Å². The van der Waals surface area contributed by atoms with Gasteiger partial charge in [0, 0.05) is 6.54 Å². The lowest BCUT2D eigenvalue weighted by Gasteiger charge is -2.05. The van der Waals surface area contributed by atoms with Crippen molar-refractivity contribution < 1.29 is 9.15 Å². The largest absolute Gasteiger partial charge is 0.468 e. The van der Waals surface area contributed by atoms with Crippen LogP contribution in [0.5, 0.6) is 0 Å². The molecular formula is C15H19NO2. The highest BCUT2D eigenvalue weighted by Gasteiger charge is 1.95. The van der Waals surface area contributed by atoms with Gasteiger partial charge in [0.2, 0.25) is 0 Å². The quantitative estimate of drug-likeness (QED) is 0.726. The molecule has 1 N–H and O–H groups in total. The first kappa shape index (κ1) is 12.9.